The molecule has 13 heavy (non-hydrogen) atoms. The Morgan fingerprint density at radius 1 is 1.46 bits per heavy atom. The molecule has 0 unspecified atom stereocenters. The maximum Gasteiger partial charge on any atom is 0.183 e. The van der Waals surface area contributed by atoms with Gasteiger partial charge >= 0.3 is 0 Å². The second kappa shape index (κ2) is 3.01. The van der Waals surface area contributed by atoms with Crippen molar-refractivity contribution >= 4 is 16.7 Å². The molecule has 0 spiro atoms. The molecular formula is C10H10N2O. The molecule has 0 bridgehead atoms. The first-order valence-corrected chi connectivity index (χ1v) is 4.29. The highest BCUT2D eigenvalue weighted by Gasteiger charge is 2.10. The summed E-state index contributed by atoms with van der Waals surface area (Å²) < 4.78 is 0. The predicted molar refractivity (Wildman–Crippen MR) is 50.7 cm³/mol. The number of hydrogen-bond acceptors (Lipinski definition) is 2. The van der Waals surface area contributed by atoms with Crippen LogP contribution in [0.15, 0.2) is 24.3 Å². The number of benzene rings is 1. The fourth-order valence-corrected chi connectivity index (χ4v) is 1.34. The SMILES string of the molecule is CCC(=O)c1n[nH]c2ccccc12. The van der Waals surface area contributed by atoms with E-state index < -0.39 is 0 Å². The number of aromatic nitrogens is 2. The van der Waals surface area contributed by atoms with Crippen molar-refractivity contribution in [2.45, 2.75) is 13.3 Å². The summed E-state index contributed by atoms with van der Waals surface area (Å²) >= 11 is 0. The summed E-state index contributed by atoms with van der Waals surface area (Å²) in [6.45, 7) is 1.84. The number of carbonyl (C=O) groups is 1. The molecule has 0 saturated carbocycles. The van der Waals surface area contributed by atoms with E-state index in [9.17, 15) is 4.79 Å². The lowest BCUT2D eigenvalue weighted by Gasteiger charge is -1.91. The number of nitrogens with one attached hydrogen (secondary N) is 1. The van der Waals surface area contributed by atoms with Gasteiger partial charge in [-0.15, -0.1) is 0 Å². The fourth-order valence-electron chi connectivity index (χ4n) is 1.34. The average Bonchev–Trinajstić information content (AvgIpc) is 2.60. The van der Waals surface area contributed by atoms with Gasteiger partial charge in [0, 0.05) is 11.8 Å². The molecule has 3 nitrogen and oxygen atoms in total. The molecule has 0 aliphatic heterocycles. The van der Waals surface area contributed by atoms with Crippen LogP contribution in [0.2, 0.25) is 0 Å². The zero-order chi connectivity index (χ0) is 9.26. The highest BCUT2D eigenvalue weighted by Crippen LogP contribution is 2.15. The Hall–Kier alpha value is -1.64. The van der Waals surface area contributed by atoms with Gasteiger partial charge in [0.2, 0.25) is 0 Å². The third kappa shape index (κ3) is 1.22. The number of hydrogen-bond donors (Lipinski definition) is 1. The maximum absolute atomic E-state index is 11.4. The molecule has 0 atom stereocenters. The van der Waals surface area contributed by atoms with Crippen LogP contribution in [0.25, 0.3) is 10.9 Å². The van der Waals surface area contributed by atoms with Gasteiger partial charge in [-0.25, -0.2) is 0 Å². The van der Waals surface area contributed by atoms with Crippen LogP contribution in [-0.2, 0) is 0 Å². The van der Waals surface area contributed by atoms with E-state index in [1.54, 1.807) is 0 Å². The van der Waals surface area contributed by atoms with Crippen molar-refractivity contribution in [2.75, 3.05) is 0 Å². The zero-order valence-corrected chi connectivity index (χ0v) is 7.37. The van der Waals surface area contributed by atoms with Gasteiger partial charge in [-0.1, -0.05) is 25.1 Å². The second-order valence-electron chi connectivity index (χ2n) is 2.89. The Balaban J connectivity index is 2.64. The number of rotatable bonds is 2. The molecule has 1 aromatic carbocycles. The first kappa shape index (κ1) is 7.98. The first-order chi connectivity index (χ1) is 6.33. The molecule has 0 aliphatic carbocycles. The average molecular weight is 174 g/mol. The van der Waals surface area contributed by atoms with Crippen LogP contribution in [0.5, 0.6) is 0 Å². The first-order valence-electron chi connectivity index (χ1n) is 4.29. The monoisotopic (exact) mass is 174 g/mol. The molecule has 0 radical (unpaired) electrons. The summed E-state index contributed by atoms with van der Waals surface area (Å²) in [5, 5.41) is 7.74. The molecule has 0 fully saturated rings. The Morgan fingerprint density at radius 2 is 2.23 bits per heavy atom. The van der Waals surface area contributed by atoms with Crippen LogP contribution in [0.4, 0.5) is 0 Å². The van der Waals surface area contributed by atoms with Gasteiger partial charge in [0.05, 0.1) is 5.52 Å². The molecule has 0 aliphatic rings. The van der Waals surface area contributed by atoms with Gasteiger partial charge in [0.25, 0.3) is 0 Å². The van der Waals surface area contributed by atoms with Gasteiger partial charge in [-0.05, 0) is 6.07 Å². The zero-order valence-electron chi connectivity index (χ0n) is 7.37. The van der Waals surface area contributed by atoms with Crippen LogP contribution >= 0.6 is 0 Å². The minimum absolute atomic E-state index is 0.0810. The van der Waals surface area contributed by atoms with Crippen molar-refractivity contribution in [1.29, 1.82) is 0 Å². The van der Waals surface area contributed by atoms with E-state index in [1.807, 2.05) is 31.2 Å². The van der Waals surface area contributed by atoms with Gasteiger partial charge in [0.1, 0.15) is 5.69 Å². The van der Waals surface area contributed by atoms with Crippen LogP contribution in [-0.4, -0.2) is 16.0 Å². The van der Waals surface area contributed by atoms with E-state index in [0.717, 1.165) is 10.9 Å². The molecule has 1 N–H and O–H groups in total. The minimum atomic E-state index is 0.0810. The van der Waals surface area contributed by atoms with Gasteiger partial charge < -0.3 is 0 Å². The molecule has 2 aromatic rings. The third-order valence-electron chi connectivity index (χ3n) is 2.06. The highest BCUT2D eigenvalue weighted by atomic mass is 16.1. The Kier molecular flexibility index (Phi) is 1.85. The molecule has 66 valence electrons. The number of nitrogens with zero attached hydrogens (tertiary/aromatic N) is 1. The van der Waals surface area contributed by atoms with E-state index in [2.05, 4.69) is 10.2 Å². The lowest BCUT2D eigenvalue weighted by Crippen LogP contribution is -1.96. The van der Waals surface area contributed by atoms with Gasteiger partial charge in [-0.2, -0.15) is 5.10 Å². The van der Waals surface area contributed by atoms with E-state index in [1.165, 1.54) is 0 Å². The lowest BCUT2D eigenvalue weighted by atomic mass is 10.1. The number of H-pyrrole nitrogens is 1. The van der Waals surface area contributed by atoms with E-state index in [0.29, 0.717) is 12.1 Å². The minimum Gasteiger partial charge on any atom is -0.292 e. The number of ketones is 1. The van der Waals surface area contributed by atoms with Crippen LogP contribution in [0.1, 0.15) is 23.8 Å². The number of aromatic amines is 1. The Bertz CT molecular complexity index is 445. The summed E-state index contributed by atoms with van der Waals surface area (Å²) in [7, 11) is 0. The van der Waals surface area contributed by atoms with Crippen molar-refractivity contribution in [3.8, 4) is 0 Å². The van der Waals surface area contributed by atoms with Crippen molar-refractivity contribution in [2.24, 2.45) is 0 Å². The summed E-state index contributed by atoms with van der Waals surface area (Å²) in [5.41, 5.74) is 1.47. The fraction of sp³-hybridized carbons (Fsp3) is 0.200. The van der Waals surface area contributed by atoms with Crippen molar-refractivity contribution < 1.29 is 4.79 Å². The number of carbonyl (C=O) groups excluding carboxylic acids is 1. The molecule has 1 heterocycles. The van der Waals surface area contributed by atoms with Crippen LogP contribution in [0.3, 0.4) is 0 Å². The summed E-state index contributed by atoms with van der Waals surface area (Å²) in [6, 6.07) is 7.64. The largest absolute Gasteiger partial charge is 0.292 e. The quantitative estimate of drug-likeness (QED) is 0.709. The normalized spacial score (nSPS) is 10.5. The Morgan fingerprint density at radius 3 is 3.00 bits per heavy atom. The maximum atomic E-state index is 11.4. The Labute approximate surface area is 75.8 Å². The van der Waals surface area contributed by atoms with Crippen molar-refractivity contribution in [3.63, 3.8) is 0 Å². The second-order valence-corrected chi connectivity index (χ2v) is 2.89. The lowest BCUT2D eigenvalue weighted by molar-refractivity contribution is 0.0985. The smallest absolute Gasteiger partial charge is 0.183 e. The highest BCUT2D eigenvalue weighted by molar-refractivity contribution is 6.05. The molecule has 2 rings (SSSR count). The standard InChI is InChI=1S/C10H10N2O/c1-2-9(13)10-7-5-3-4-6-8(7)11-12-10/h3-6H,2H2,1H3,(H,11,12). The molecule has 1 aromatic heterocycles. The predicted octanol–water partition coefficient (Wildman–Crippen LogP) is 2.16. The molecule has 3 heteroatoms. The number of fused-ring (bicyclic) bond motifs is 1. The van der Waals surface area contributed by atoms with E-state index in [4.69, 9.17) is 0 Å². The van der Waals surface area contributed by atoms with Gasteiger partial charge in [-0.3, -0.25) is 9.89 Å². The summed E-state index contributed by atoms with van der Waals surface area (Å²) in [4.78, 5) is 11.4. The number of Topliss-reactive ketones (excluding diaryl/α,β-unsaturated/α-hetero) is 1. The molecular weight excluding hydrogens is 164 g/mol. The summed E-state index contributed by atoms with van der Waals surface area (Å²) in [5.74, 6) is 0.0810. The van der Waals surface area contributed by atoms with Crippen molar-refractivity contribution in [1.82, 2.24) is 10.2 Å². The van der Waals surface area contributed by atoms with Crippen molar-refractivity contribution in [3.05, 3.63) is 30.0 Å². The third-order valence-corrected chi connectivity index (χ3v) is 2.06. The van der Waals surface area contributed by atoms with Gasteiger partial charge in [0.15, 0.2) is 5.78 Å². The molecule has 0 amide bonds. The van der Waals surface area contributed by atoms with Crippen LogP contribution < -0.4 is 0 Å². The van der Waals surface area contributed by atoms with Crippen LogP contribution in [0, 0.1) is 0 Å². The van der Waals surface area contributed by atoms with E-state index >= 15 is 0 Å². The van der Waals surface area contributed by atoms with E-state index in [-0.39, 0.29) is 5.78 Å². The number of para-hydroxylation sites is 1. The molecule has 0 saturated heterocycles. The topological polar surface area (TPSA) is 45.8 Å². The summed E-state index contributed by atoms with van der Waals surface area (Å²) in [6.07, 6.45) is 0.495.